The van der Waals surface area contributed by atoms with Crippen molar-refractivity contribution in [1.29, 1.82) is 0 Å². The molecule has 5 rings (SSSR count). The number of hydrogen-bond donors (Lipinski definition) is 0. The van der Waals surface area contributed by atoms with Crippen molar-refractivity contribution in [3.8, 4) is 0 Å². The smallest absolute Gasteiger partial charge is 0.267 e. The summed E-state index contributed by atoms with van der Waals surface area (Å²) in [7, 11) is 0. The fourth-order valence-electron chi connectivity index (χ4n) is 4.70. The molecule has 0 bridgehead atoms. The van der Waals surface area contributed by atoms with Crippen molar-refractivity contribution in [3.63, 3.8) is 0 Å². The lowest BCUT2D eigenvalue weighted by Crippen LogP contribution is -2.37. The standard InChI is InChI=1S/C20H27N5O3/c26-19-11-15-3-1-5-17(15)22-25(19)12-16-4-2-8-24(16)13-18-21-20(28-23-18)14-6-9-27-10-7-14/h11,14,16H,1-10,12-13H2. The van der Waals surface area contributed by atoms with Crippen molar-refractivity contribution < 1.29 is 9.26 Å². The van der Waals surface area contributed by atoms with E-state index in [1.54, 1.807) is 10.7 Å². The summed E-state index contributed by atoms with van der Waals surface area (Å²) in [5, 5.41) is 8.85. The summed E-state index contributed by atoms with van der Waals surface area (Å²) in [5.74, 6) is 1.80. The van der Waals surface area contributed by atoms with Gasteiger partial charge in [0, 0.05) is 31.2 Å². The third-order valence-electron chi connectivity index (χ3n) is 6.31. The molecule has 1 unspecified atom stereocenters. The van der Waals surface area contributed by atoms with Crippen LogP contribution in [0.2, 0.25) is 0 Å². The number of hydrogen-bond acceptors (Lipinski definition) is 7. The quantitative estimate of drug-likeness (QED) is 0.774. The van der Waals surface area contributed by atoms with Gasteiger partial charge in [-0.25, -0.2) is 4.68 Å². The SMILES string of the molecule is O=c1cc2c(nn1CC1CCCN1Cc1noc(C3CCOCC3)n1)CCC2. The van der Waals surface area contributed by atoms with E-state index in [4.69, 9.17) is 9.26 Å². The minimum Gasteiger partial charge on any atom is -0.381 e. The Kier molecular flexibility index (Phi) is 4.98. The van der Waals surface area contributed by atoms with E-state index in [0.29, 0.717) is 19.0 Å². The van der Waals surface area contributed by atoms with Crippen LogP contribution in [0, 0.1) is 0 Å². The van der Waals surface area contributed by atoms with Gasteiger partial charge >= 0.3 is 0 Å². The molecule has 4 heterocycles. The molecule has 28 heavy (non-hydrogen) atoms. The maximum atomic E-state index is 12.4. The van der Waals surface area contributed by atoms with E-state index >= 15 is 0 Å². The highest BCUT2D eigenvalue weighted by atomic mass is 16.5. The Morgan fingerprint density at radius 3 is 2.93 bits per heavy atom. The van der Waals surface area contributed by atoms with Gasteiger partial charge in [-0.2, -0.15) is 10.1 Å². The third kappa shape index (κ3) is 3.63. The minimum atomic E-state index is 0.0221. The van der Waals surface area contributed by atoms with Gasteiger partial charge in [0.2, 0.25) is 5.89 Å². The summed E-state index contributed by atoms with van der Waals surface area (Å²) in [6, 6.07) is 2.07. The Balaban J connectivity index is 1.26. The zero-order chi connectivity index (χ0) is 18.9. The molecule has 150 valence electrons. The highest BCUT2D eigenvalue weighted by Crippen LogP contribution is 2.26. The molecule has 0 spiro atoms. The molecule has 2 aromatic rings. The van der Waals surface area contributed by atoms with Crippen LogP contribution in [0.3, 0.4) is 0 Å². The van der Waals surface area contributed by atoms with Gasteiger partial charge in [0.25, 0.3) is 5.56 Å². The van der Waals surface area contributed by atoms with Crippen LogP contribution in [0.4, 0.5) is 0 Å². The average molecular weight is 385 g/mol. The van der Waals surface area contributed by atoms with Gasteiger partial charge in [0.05, 0.1) is 18.8 Å². The van der Waals surface area contributed by atoms with Crippen molar-refractivity contribution in [2.24, 2.45) is 0 Å². The van der Waals surface area contributed by atoms with Gasteiger partial charge in [-0.05, 0) is 57.1 Å². The Hall–Kier alpha value is -2.06. The Morgan fingerprint density at radius 2 is 2.04 bits per heavy atom. The predicted molar refractivity (Wildman–Crippen MR) is 101 cm³/mol. The Morgan fingerprint density at radius 1 is 1.14 bits per heavy atom. The van der Waals surface area contributed by atoms with Gasteiger partial charge in [0.1, 0.15) is 0 Å². The van der Waals surface area contributed by atoms with Crippen molar-refractivity contribution in [3.05, 3.63) is 39.4 Å². The van der Waals surface area contributed by atoms with Gasteiger partial charge in [-0.3, -0.25) is 9.69 Å². The van der Waals surface area contributed by atoms with E-state index in [1.807, 2.05) is 0 Å². The molecule has 0 aromatic carbocycles. The van der Waals surface area contributed by atoms with Gasteiger partial charge < -0.3 is 9.26 Å². The van der Waals surface area contributed by atoms with Crippen molar-refractivity contribution in [1.82, 2.24) is 24.8 Å². The molecule has 0 radical (unpaired) electrons. The van der Waals surface area contributed by atoms with Crippen LogP contribution in [-0.4, -0.2) is 50.6 Å². The molecular weight excluding hydrogens is 358 g/mol. The lowest BCUT2D eigenvalue weighted by molar-refractivity contribution is 0.0778. The fourth-order valence-corrected chi connectivity index (χ4v) is 4.70. The first kappa shape index (κ1) is 18.0. The van der Waals surface area contributed by atoms with Crippen LogP contribution >= 0.6 is 0 Å². The molecule has 0 amide bonds. The Bertz CT molecular complexity index is 886. The molecule has 2 aromatic heterocycles. The molecule has 3 aliphatic rings. The second-order valence-electron chi connectivity index (χ2n) is 8.19. The lowest BCUT2D eigenvalue weighted by atomic mass is 10.0. The number of likely N-dealkylation sites (tertiary alicyclic amines) is 1. The van der Waals surface area contributed by atoms with E-state index in [-0.39, 0.29) is 11.6 Å². The molecule has 2 saturated heterocycles. The van der Waals surface area contributed by atoms with E-state index in [1.165, 1.54) is 0 Å². The van der Waals surface area contributed by atoms with Crippen LogP contribution in [0.15, 0.2) is 15.4 Å². The van der Waals surface area contributed by atoms with E-state index in [0.717, 1.165) is 87.7 Å². The third-order valence-corrected chi connectivity index (χ3v) is 6.31. The number of aryl methyl sites for hydroxylation is 2. The monoisotopic (exact) mass is 385 g/mol. The molecule has 2 fully saturated rings. The lowest BCUT2D eigenvalue weighted by Gasteiger charge is -2.23. The summed E-state index contributed by atoms with van der Waals surface area (Å²) in [6.45, 7) is 3.82. The van der Waals surface area contributed by atoms with Gasteiger partial charge in [0.15, 0.2) is 5.82 Å². The Labute approximate surface area is 163 Å². The van der Waals surface area contributed by atoms with E-state index < -0.39 is 0 Å². The van der Waals surface area contributed by atoms with Crippen LogP contribution in [0.25, 0.3) is 0 Å². The highest BCUT2D eigenvalue weighted by Gasteiger charge is 2.28. The molecule has 2 aliphatic heterocycles. The van der Waals surface area contributed by atoms with Crippen molar-refractivity contribution in [2.75, 3.05) is 19.8 Å². The summed E-state index contributed by atoms with van der Waals surface area (Å²) >= 11 is 0. The van der Waals surface area contributed by atoms with Crippen LogP contribution in [0.5, 0.6) is 0 Å². The van der Waals surface area contributed by atoms with Gasteiger partial charge in [-0.1, -0.05) is 5.16 Å². The first-order chi connectivity index (χ1) is 13.8. The molecule has 8 heteroatoms. The van der Waals surface area contributed by atoms with Gasteiger partial charge in [-0.15, -0.1) is 0 Å². The summed E-state index contributed by atoms with van der Waals surface area (Å²) in [6.07, 6.45) is 7.16. The van der Waals surface area contributed by atoms with Crippen molar-refractivity contribution in [2.45, 2.75) is 70.0 Å². The van der Waals surface area contributed by atoms with Crippen LogP contribution in [-0.2, 0) is 30.7 Å². The average Bonchev–Trinajstić information content (AvgIpc) is 3.45. The summed E-state index contributed by atoms with van der Waals surface area (Å²) in [5.41, 5.74) is 2.26. The van der Waals surface area contributed by atoms with E-state index in [2.05, 4.69) is 20.1 Å². The number of ether oxygens (including phenoxy) is 1. The van der Waals surface area contributed by atoms with E-state index in [9.17, 15) is 4.79 Å². The summed E-state index contributed by atoms with van der Waals surface area (Å²) < 4.78 is 12.6. The highest BCUT2D eigenvalue weighted by molar-refractivity contribution is 5.22. The topological polar surface area (TPSA) is 86.3 Å². The first-order valence-electron chi connectivity index (χ1n) is 10.5. The molecule has 0 saturated carbocycles. The summed E-state index contributed by atoms with van der Waals surface area (Å²) in [4.78, 5) is 19.4. The molecule has 8 nitrogen and oxygen atoms in total. The second kappa shape index (κ2) is 7.75. The minimum absolute atomic E-state index is 0.0221. The number of aromatic nitrogens is 4. The van der Waals surface area contributed by atoms with Crippen molar-refractivity contribution >= 4 is 0 Å². The predicted octanol–water partition coefficient (Wildman–Crippen LogP) is 1.67. The molecular formula is C20H27N5O3. The molecule has 1 atom stereocenters. The number of nitrogens with zero attached hydrogens (tertiary/aromatic N) is 5. The van der Waals surface area contributed by atoms with Crippen LogP contribution in [0.1, 0.15) is 61.0 Å². The maximum Gasteiger partial charge on any atom is 0.267 e. The fraction of sp³-hybridized carbons (Fsp3) is 0.700. The maximum absolute atomic E-state index is 12.4. The zero-order valence-corrected chi connectivity index (χ0v) is 16.2. The first-order valence-corrected chi connectivity index (χ1v) is 10.5. The zero-order valence-electron chi connectivity index (χ0n) is 16.2. The normalized spacial score (nSPS) is 23.4. The number of rotatable bonds is 5. The number of fused-ring (bicyclic) bond motifs is 1. The largest absolute Gasteiger partial charge is 0.381 e. The second-order valence-corrected chi connectivity index (χ2v) is 8.19. The molecule has 0 N–H and O–H groups in total. The molecule has 1 aliphatic carbocycles. The van der Waals surface area contributed by atoms with Crippen LogP contribution < -0.4 is 5.56 Å².